The fourth-order valence-corrected chi connectivity index (χ4v) is 5.35. The molecule has 2 N–H and O–H groups in total. The van der Waals surface area contributed by atoms with Gasteiger partial charge in [-0.3, -0.25) is 14.9 Å². The molecule has 10 heteroatoms. The Kier molecular flexibility index (Phi) is 6.47. The Labute approximate surface area is 205 Å². The number of nitrogens with zero attached hydrogens (tertiary/aromatic N) is 2. The maximum Gasteiger partial charge on any atom is 0.413 e. The van der Waals surface area contributed by atoms with E-state index in [1.54, 1.807) is 0 Å². The van der Waals surface area contributed by atoms with Crippen LogP contribution in [0.1, 0.15) is 33.1 Å². The lowest BCUT2D eigenvalue weighted by atomic mass is 9.98. The van der Waals surface area contributed by atoms with Gasteiger partial charge in [-0.05, 0) is 22.3 Å². The zero-order valence-electron chi connectivity index (χ0n) is 18.7. The van der Waals surface area contributed by atoms with Gasteiger partial charge in [0.05, 0.1) is 31.9 Å². The fourth-order valence-electron chi connectivity index (χ4n) is 4.59. The summed E-state index contributed by atoms with van der Waals surface area (Å²) in [5, 5.41) is 11.9. The maximum atomic E-state index is 12.9. The van der Waals surface area contributed by atoms with Crippen molar-refractivity contribution in [1.29, 1.82) is 0 Å². The number of aliphatic carboxylic acids is 1. The molecule has 1 aromatic heterocycles. The number of morpholine rings is 1. The van der Waals surface area contributed by atoms with Gasteiger partial charge < -0.3 is 19.5 Å². The van der Waals surface area contributed by atoms with Gasteiger partial charge in [-0.25, -0.2) is 9.78 Å². The van der Waals surface area contributed by atoms with Gasteiger partial charge in [-0.2, -0.15) is 0 Å². The molecule has 5 rings (SSSR count). The molecule has 1 fully saturated rings. The second-order valence-corrected chi connectivity index (χ2v) is 9.34. The van der Waals surface area contributed by atoms with Crippen molar-refractivity contribution in [2.45, 2.75) is 18.4 Å². The van der Waals surface area contributed by atoms with E-state index >= 15 is 0 Å². The summed E-state index contributed by atoms with van der Waals surface area (Å²) < 4.78 is 10.9. The monoisotopic (exact) mass is 493 g/mol. The Morgan fingerprint density at radius 3 is 2.49 bits per heavy atom. The Morgan fingerprint density at radius 2 is 1.80 bits per heavy atom. The van der Waals surface area contributed by atoms with Crippen molar-refractivity contribution >= 4 is 34.4 Å². The third-order valence-corrected chi connectivity index (χ3v) is 7.07. The van der Waals surface area contributed by atoms with Crippen LogP contribution in [0, 0.1) is 0 Å². The second-order valence-electron chi connectivity index (χ2n) is 8.31. The summed E-state index contributed by atoms with van der Waals surface area (Å²) in [6.45, 7) is 0.971. The molecule has 1 aliphatic heterocycles. The van der Waals surface area contributed by atoms with Crippen LogP contribution in [0.3, 0.4) is 0 Å². The van der Waals surface area contributed by atoms with Crippen LogP contribution < -0.4 is 5.32 Å². The number of amides is 2. The number of hydrogen-bond acceptors (Lipinski definition) is 7. The Bertz CT molecular complexity index is 1230. The lowest BCUT2D eigenvalue weighted by Crippen LogP contribution is -2.49. The molecule has 1 saturated heterocycles. The molecule has 2 aromatic carbocycles. The number of carboxylic acid groups (broad SMARTS) is 1. The highest BCUT2D eigenvalue weighted by atomic mass is 32.1. The van der Waals surface area contributed by atoms with E-state index in [1.165, 1.54) is 11.1 Å². The van der Waals surface area contributed by atoms with E-state index in [2.05, 4.69) is 22.4 Å². The van der Waals surface area contributed by atoms with Crippen LogP contribution in [0.4, 0.5) is 9.93 Å². The lowest BCUT2D eigenvalue weighted by molar-refractivity contribution is -0.139. The van der Waals surface area contributed by atoms with E-state index in [0.29, 0.717) is 18.0 Å². The van der Waals surface area contributed by atoms with Gasteiger partial charge in [-0.15, -0.1) is 0 Å². The minimum atomic E-state index is -1.000. The molecule has 0 spiro atoms. The number of nitrogens with one attached hydrogen (secondary N) is 1. The Morgan fingerprint density at radius 1 is 1.11 bits per heavy atom. The number of thiazole rings is 1. The van der Waals surface area contributed by atoms with Gasteiger partial charge in [0, 0.05) is 12.5 Å². The molecule has 9 nitrogen and oxygen atoms in total. The van der Waals surface area contributed by atoms with E-state index < -0.39 is 18.1 Å². The zero-order valence-corrected chi connectivity index (χ0v) is 19.5. The largest absolute Gasteiger partial charge is 0.481 e. The van der Waals surface area contributed by atoms with Crippen molar-refractivity contribution in [3.63, 3.8) is 0 Å². The van der Waals surface area contributed by atoms with Crippen LogP contribution in [0.15, 0.2) is 54.7 Å². The van der Waals surface area contributed by atoms with Gasteiger partial charge in [0.2, 0.25) is 0 Å². The molecule has 1 atom stereocenters. The predicted octanol–water partition coefficient (Wildman–Crippen LogP) is 3.82. The quantitative estimate of drug-likeness (QED) is 0.536. The van der Waals surface area contributed by atoms with E-state index in [-0.39, 0.29) is 36.6 Å². The molecule has 0 saturated carbocycles. The van der Waals surface area contributed by atoms with Crippen molar-refractivity contribution in [1.82, 2.24) is 9.88 Å². The molecule has 35 heavy (non-hydrogen) atoms. The van der Waals surface area contributed by atoms with Crippen molar-refractivity contribution in [3.05, 3.63) is 70.7 Å². The normalized spacial score (nSPS) is 16.9. The molecule has 0 bridgehead atoms. The molecule has 1 unspecified atom stereocenters. The number of carboxylic acids is 1. The van der Waals surface area contributed by atoms with Crippen molar-refractivity contribution in [2.75, 3.05) is 31.7 Å². The van der Waals surface area contributed by atoms with Gasteiger partial charge >= 0.3 is 12.1 Å². The number of carbonyl (C=O) groups is 3. The molecule has 2 amide bonds. The van der Waals surface area contributed by atoms with Crippen LogP contribution >= 0.6 is 11.3 Å². The summed E-state index contributed by atoms with van der Waals surface area (Å²) in [5.74, 6) is -1.40. The molecule has 2 aliphatic rings. The molecule has 1 aliphatic carbocycles. The number of rotatable bonds is 6. The highest BCUT2D eigenvalue weighted by molar-refractivity contribution is 7.17. The molecule has 0 radical (unpaired) electrons. The third kappa shape index (κ3) is 4.75. The number of carbonyl (C=O) groups excluding carboxylic acids is 2. The van der Waals surface area contributed by atoms with Crippen LogP contribution in [0.25, 0.3) is 11.1 Å². The van der Waals surface area contributed by atoms with Gasteiger partial charge in [0.25, 0.3) is 5.91 Å². The van der Waals surface area contributed by atoms with E-state index in [4.69, 9.17) is 14.6 Å². The SMILES string of the molecule is O=C(O)CC1COCCN1C(=O)c1cnc(NC(=O)OCC2c3ccccc3-c3ccccc32)s1. The number of anilines is 1. The first-order valence-corrected chi connectivity index (χ1v) is 12.0. The van der Waals surface area contributed by atoms with Gasteiger partial charge in [-0.1, -0.05) is 59.9 Å². The van der Waals surface area contributed by atoms with Gasteiger partial charge in [0.15, 0.2) is 5.13 Å². The smallest absolute Gasteiger partial charge is 0.413 e. The van der Waals surface area contributed by atoms with E-state index in [1.807, 2.05) is 36.4 Å². The fraction of sp³-hybridized carbons (Fsp3) is 0.280. The molecule has 2 heterocycles. The average molecular weight is 494 g/mol. The summed E-state index contributed by atoms with van der Waals surface area (Å²) in [6, 6.07) is 15.6. The van der Waals surface area contributed by atoms with Crippen LogP contribution in [-0.2, 0) is 14.3 Å². The highest BCUT2D eigenvalue weighted by Gasteiger charge is 2.31. The number of hydrogen-bond donors (Lipinski definition) is 2. The predicted molar refractivity (Wildman–Crippen MR) is 129 cm³/mol. The summed E-state index contributed by atoms with van der Waals surface area (Å²) in [7, 11) is 0. The average Bonchev–Trinajstić information content (AvgIpc) is 3.45. The zero-order chi connectivity index (χ0) is 24.4. The molecular weight excluding hydrogens is 470 g/mol. The number of aromatic nitrogens is 1. The second kappa shape index (κ2) is 9.85. The molecule has 3 aromatic rings. The highest BCUT2D eigenvalue weighted by Crippen LogP contribution is 2.44. The third-order valence-electron chi connectivity index (χ3n) is 6.17. The number of fused-ring (bicyclic) bond motifs is 3. The first kappa shape index (κ1) is 23.0. The summed E-state index contributed by atoms with van der Waals surface area (Å²) in [5.41, 5.74) is 4.52. The minimum Gasteiger partial charge on any atom is -0.481 e. The first-order valence-electron chi connectivity index (χ1n) is 11.2. The lowest BCUT2D eigenvalue weighted by Gasteiger charge is -2.34. The van der Waals surface area contributed by atoms with Crippen LogP contribution in [-0.4, -0.2) is 65.4 Å². The van der Waals surface area contributed by atoms with Gasteiger partial charge in [0.1, 0.15) is 11.5 Å². The van der Waals surface area contributed by atoms with Crippen molar-refractivity contribution < 1.29 is 29.0 Å². The Hall–Kier alpha value is -3.76. The van der Waals surface area contributed by atoms with Crippen LogP contribution in [0.2, 0.25) is 0 Å². The first-order chi connectivity index (χ1) is 17.0. The Balaban J connectivity index is 1.22. The molecular formula is C25H23N3O6S. The van der Waals surface area contributed by atoms with Crippen molar-refractivity contribution in [3.8, 4) is 11.1 Å². The van der Waals surface area contributed by atoms with Crippen LogP contribution in [0.5, 0.6) is 0 Å². The van der Waals surface area contributed by atoms with E-state index in [9.17, 15) is 14.4 Å². The summed E-state index contributed by atoms with van der Waals surface area (Å²) >= 11 is 1.02. The summed E-state index contributed by atoms with van der Waals surface area (Å²) in [4.78, 5) is 42.5. The van der Waals surface area contributed by atoms with Crippen molar-refractivity contribution in [2.24, 2.45) is 0 Å². The number of ether oxygens (including phenoxy) is 2. The maximum absolute atomic E-state index is 12.9. The van der Waals surface area contributed by atoms with E-state index in [0.717, 1.165) is 33.6 Å². The standard InChI is InChI=1S/C25H23N3O6S/c29-22(30)11-15-13-33-10-9-28(15)23(31)21-12-26-24(35-21)27-25(32)34-14-20-18-7-3-1-5-16(18)17-6-2-4-8-19(17)20/h1-8,12,15,20H,9-11,13-14H2,(H,29,30)(H,26,27,32). The molecule has 180 valence electrons. The number of benzene rings is 2. The minimum absolute atomic E-state index is 0.0610. The topological polar surface area (TPSA) is 118 Å². The summed E-state index contributed by atoms with van der Waals surface area (Å²) in [6.07, 6.45) is 0.518.